The van der Waals surface area contributed by atoms with Gasteiger partial charge in [-0.15, -0.1) is 0 Å². The Bertz CT molecular complexity index is 338. The molecule has 1 heterocycles. The van der Waals surface area contributed by atoms with Gasteiger partial charge in [0, 0.05) is 19.0 Å². The van der Waals surface area contributed by atoms with Gasteiger partial charge in [0.25, 0.3) is 0 Å². The lowest BCUT2D eigenvalue weighted by atomic mass is 9.91. The van der Waals surface area contributed by atoms with E-state index in [4.69, 9.17) is 10.5 Å². The molecule has 2 N–H and O–H groups in total. The lowest BCUT2D eigenvalue weighted by Crippen LogP contribution is -2.50. The molecule has 0 radical (unpaired) electrons. The van der Waals surface area contributed by atoms with E-state index in [1.165, 1.54) is 7.11 Å². The maximum atomic E-state index is 12.0. The van der Waals surface area contributed by atoms with Crippen LogP contribution in [-0.2, 0) is 14.3 Å². The van der Waals surface area contributed by atoms with Crippen LogP contribution in [0.15, 0.2) is 0 Å². The predicted octanol–water partition coefficient (Wildman–Crippen LogP) is 1.13. The summed E-state index contributed by atoms with van der Waals surface area (Å²) in [7, 11) is 1.32. The van der Waals surface area contributed by atoms with Crippen molar-refractivity contribution in [3.05, 3.63) is 0 Å². The zero-order chi connectivity index (χ0) is 14.6. The number of nitrogens with two attached hydrogens (primary N) is 1. The summed E-state index contributed by atoms with van der Waals surface area (Å²) in [6.45, 7) is 6.55. The first kappa shape index (κ1) is 15.8. The average Bonchev–Trinajstić information content (AvgIpc) is 2.35. The summed E-state index contributed by atoms with van der Waals surface area (Å²) in [5.74, 6) is -0.509. The molecular weight excluding hydrogens is 248 g/mol. The molecule has 1 fully saturated rings. The van der Waals surface area contributed by atoms with Crippen LogP contribution in [0, 0.1) is 5.92 Å². The molecule has 110 valence electrons. The lowest BCUT2D eigenvalue weighted by Gasteiger charge is -2.35. The molecule has 6 nitrogen and oxygen atoms in total. The Morgan fingerprint density at radius 3 is 2.53 bits per heavy atom. The van der Waals surface area contributed by atoms with Crippen LogP contribution in [0.5, 0.6) is 0 Å². The highest BCUT2D eigenvalue weighted by Crippen LogP contribution is 2.21. The summed E-state index contributed by atoms with van der Waals surface area (Å²) in [6.07, 6.45) is 1.28. The van der Waals surface area contributed by atoms with Crippen molar-refractivity contribution in [1.29, 1.82) is 0 Å². The van der Waals surface area contributed by atoms with Crippen LogP contribution in [0.3, 0.4) is 0 Å². The number of likely N-dealkylation sites (tertiary alicyclic amines) is 1. The summed E-state index contributed by atoms with van der Waals surface area (Å²) in [5.41, 5.74) is 5.32. The molecule has 2 atom stereocenters. The number of nitrogens with zero attached hydrogens (tertiary/aromatic N) is 1. The number of hydrogen-bond acceptors (Lipinski definition) is 5. The van der Waals surface area contributed by atoms with Crippen molar-refractivity contribution in [2.75, 3.05) is 20.2 Å². The van der Waals surface area contributed by atoms with Crippen molar-refractivity contribution in [2.24, 2.45) is 11.7 Å². The van der Waals surface area contributed by atoms with Gasteiger partial charge in [0.05, 0.1) is 7.11 Å². The molecule has 1 saturated heterocycles. The standard InChI is InChI=1S/C13H24N2O4/c1-13(2,3)19-12(17)15-7-5-6-9(8-15)10(14)11(16)18-4/h9-10H,5-8,14H2,1-4H3/t9?,10-/m1/s1. The normalized spacial score (nSPS) is 21.7. The monoisotopic (exact) mass is 272 g/mol. The second-order valence-electron chi connectivity index (χ2n) is 5.88. The first-order chi connectivity index (χ1) is 8.74. The number of carbonyl (C=O) groups is 2. The third-order valence-corrected chi connectivity index (χ3v) is 3.09. The minimum absolute atomic E-state index is 0.0753. The molecule has 0 spiro atoms. The van der Waals surface area contributed by atoms with Gasteiger partial charge >= 0.3 is 12.1 Å². The fourth-order valence-corrected chi connectivity index (χ4v) is 2.12. The quantitative estimate of drug-likeness (QED) is 0.762. The fraction of sp³-hybridized carbons (Fsp3) is 0.846. The van der Waals surface area contributed by atoms with Gasteiger partial charge in [-0.2, -0.15) is 0 Å². The average molecular weight is 272 g/mol. The van der Waals surface area contributed by atoms with Crippen LogP contribution < -0.4 is 5.73 Å². The summed E-state index contributed by atoms with van der Waals surface area (Å²) >= 11 is 0. The van der Waals surface area contributed by atoms with Crippen molar-refractivity contribution < 1.29 is 19.1 Å². The maximum absolute atomic E-state index is 12.0. The molecule has 19 heavy (non-hydrogen) atoms. The van der Waals surface area contributed by atoms with E-state index in [0.717, 1.165) is 12.8 Å². The molecule has 0 aromatic rings. The van der Waals surface area contributed by atoms with Crippen LogP contribution >= 0.6 is 0 Å². The number of amides is 1. The fourth-order valence-electron chi connectivity index (χ4n) is 2.12. The lowest BCUT2D eigenvalue weighted by molar-refractivity contribution is -0.144. The summed E-state index contributed by atoms with van der Waals surface area (Å²) < 4.78 is 9.96. The molecular formula is C13H24N2O4. The first-order valence-corrected chi connectivity index (χ1v) is 6.56. The number of hydrogen-bond donors (Lipinski definition) is 1. The topological polar surface area (TPSA) is 81.9 Å². The number of carbonyl (C=O) groups excluding carboxylic acids is 2. The smallest absolute Gasteiger partial charge is 0.410 e. The Hall–Kier alpha value is -1.30. The third kappa shape index (κ3) is 4.70. The van der Waals surface area contributed by atoms with Crippen molar-refractivity contribution in [3.8, 4) is 0 Å². The van der Waals surface area contributed by atoms with Gasteiger partial charge in [0.1, 0.15) is 11.6 Å². The van der Waals surface area contributed by atoms with Gasteiger partial charge in [0.15, 0.2) is 0 Å². The van der Waals surface area contributed by atoms with Crippen LogP contribution in [-0.4, -0.2) is 48.8 Å². The zero-order valence-corrected chi connectivity index (χ0v) is 12.1. The Morgan fingerprint density at radius 1 is 1.37 bits per heavy atom. The van der Waals surface area contributed by atoms with Crippen molar-refractivity contribution >= 4 is 12.1 Å². The van der Waals surface area contributed by atoms with Gasteiger partial charge in [-0.1, -0.05) is 0 Å². The number of ether oxygens (including phenoxy) is 2. The second-order valence-corrected chi connectivity index (χ2v) is 5.88. The first-order valence-electron chi connectivity index (χ1n) is 6.56. The summed E-state index contributed by atoms with van der Waals surface area (Å²) in [6, 6.07) is -0.685. The molecule has 0 saturated carbocycles. The highest BCUT2D eigenvalue weighted by molar-refractivity contribution is 5.76. The van der Waals surface area contributed by atoms with Crippen LogP contribution in [0.1, 0.15) is 33.6 Å². The van der Waals surface area contributed by atoms with E-state index in [0.29, 0.717) is 13.1 Å². The highest BCUT2D eigenvalue weighted by atomic mass is 16.6. The molecule has 0 aliphatic carbocycles. The molecule has 6 heteroatoms. The number of rotatable bonds is 2. The highest BCUT2D eigenvalue weighted by Gasteiger charge is 2.33. The van der Waals surface area contributed by atoms with Crippen molar-refractivity contribution in [2.45, 2.75) is 45.3 Å². The van der Waals surface area contributed by atoms with Crippen LogP contribution in [0.25, 0.3) is 0 Å². The summed E-state index contributed by atoms with van der Waals surface area (Å²) in [5, 5.41) is 0. The Kier molecular flexibility index (Phi) is 5.17. The number of methoxy groups -OCH3 is 1. The SMILES string of the molecule is COC(=O)[C@H](N)C1CCCN(C(=O)OC(C)(C)C)C1. The third-order valence-electron chi connectivity index (χ3n) is 3.09. The largest absolute Gasteiger partial charge is 0.468 e. The minimum atomic E-state index is -0.685. The van der Waals surface area contributed by atoms with Gasteiger partial charge in [0.2, 0.25) is 0 Å². The Balaban J connectivity index is 2.59. The van der Waals surface area contributed by atoms with E-state index in [1.807, 2.05) is 20.8 Å². The molecule has 1 aliphatic rings. The number of piperidine rings is 1. The van der Waals surface area contributed by atoms with Crippen molar-refractivity contribution in [1.82, 2.24) is 4.90 Å². The van der Waals surface area contributed by atoms with Gasteiger partial charge in [-0.25, -0.2) is 4.79 Å². The summed E-state index contributed by atoms with van der Waals surface area (Å²) in [4.78, 5) is 25.0. The Labute approximate surface area is 114 Å². The Morgan fingerprint density at radius 2 is 2.00 bits per heavy atom. The molecule has 0 aromatic carbocycles. The molecule has 1 unspecified atom stereocenters. The maximum Gasteiger partial charge on any atom is 0.410 e. The van der Waals surface area contributed by atoms with Gasteiger partial charge < -0.3 is 20.1 Å². The van der Waals surface area contributed by atoms with Crippen molar-refractivity contribution in [3.63, 3.8) is 0 Å². The van der Waals surface area contributed by atoms with E-state index in [1.54, 1.807) is 4.90 Å². The predicted molar refractivity (Wildman–Crippen MR) is 70.5 cm³/mol. The van der Waals surface area contributed by atoms with E-state index in [2.05, 4.69) is 4.74 Å². The number of esters is 1. The minimum Gasteiger partial charge on any atom is -0.468 e. The second kappa shape index (κ2) is 6.23. The molecule has 1 aliphatic heterocycles. The molecule has 1 amide bonds. The van der Waals surface area contributed by atoms with Crippen LogP contribution in [0.4, 0.5) is 4.79 Å². The van der Waals surface area contributed by atoms with E-state index in [-0.39, 0.29) is 12.0 Å². The molecule has 1 rings (SSSR count). The van der Waals surface area contributed by atoms with Gasteiger partial charge in [-0.3, -0.25) is 4.79 Å². The zero-order valence-electron chi connectivity index (χ0n) is 12.1. The van der Waals surface area contributed by atoms with E-state index in [9.17, 15) is 9.59 Å². The van der Waals surface area contributed by atoms with Crippen LogP contribution in [0.2, 0.25) is 0 Å². The van der Waals surface area contributed by atoms with E-state index >= 15 is 0 Å². The molecule has 0 aromatic heterocycles. The van der Waals surface area contributed by atoms with Gasteiger partial charge in [-0.05, 0) is 33.6 Å². The molecule has 0 bridgehead atoms. The van der Waals surface area contributed by atoms with E-state index < -0.39 is 17.6 Å².